The molecule has 1 saturated heterocycles. The highest BCUT2D eigenvalue weighted by molar-refractivity contribution is 7.99. The van der Waals surface area contributed by atoms with Crippen molar-refractivity contribution in [2.24, 2.45) is 0 Å². The topological polar surface area (TPSA) is 79.8 Å². The van der Waals surface area contributed by atoms with Crippen LogP contribution in [0.5, 0.6) is 11.5 Å². The van der Waals surface area contributed by atoms with Gasteiger partial charge in [0.1, 0.15) is 16.5 Å². The third kappa shape index (κ3) is 5.84. The molecule has 2 aromatic carbocycles. The molecule has 1 N–H and O–H groups in total. The normalized spacial score (nSPS) is 13.5. The summed E-state index contributed by atoms with van der Waals surface area (Å²) in [4.78, 5) is 16.9. The number of para-hydroxylation sites is 1. The molecule has 178 valence electrons. The fraction of sp³-hybridized carbons (Fsp3) is 0.292. The number of piperazine rings is 1. The van der Waals surface area contributed by atoms with Gasteiger partial charge in [-0.1, -0.05) is 35.5 Å². The van der Waals surface area contributed by atoms with Crippen LogP contribution in [0.3, 0.4) is 0 Å². The monoisotopic (exact) mass is 499 g/mol. The van der Waals surface area contributed by atoms with E-state index in [0.717, 1.165) is 42.7 Å². The van der Waals surface area contributed by atoms with E-state index in [9.17, 15) is 4.79 Å². The standard InChI is InChI=1S/C24H26ClN5O3S/c1-32-17-7-8-19(21(15-17)33-2)26-23(31)16-34-24-10-9-22(27-28-24)30-13-11-29(12-14-30)20-6-4-3-5-18(20)25/h3-10,15H,11-14,16H2,1-2H3,(H,26,31). The van der Waals surface area contributed by atoms with Crippen LogP contribution in [0.1, 0.15) is 0 Å². The third-order valence-corrected chi connectivity index (χ3v) is 6.70. The van der Waals surface area contributed by atoms with Gasteiger partial charge in [0.2, 0.25) is 5.91 Å². The highest BCUT2D eigenvalue weighted by atomic mass is 35.5. The van der Waals surface area contributed by atoms with Gasteiger partial charge >= 0.3 is 0 Å². The number of ether oxygens (including phenoxy) is 2. The van der Waals surface area contributed by atoms with Gasteiger partial charge in [-0.05, 0) is 36.4 Å². The summed E-state index contributed by atoms with van der Waals surface area (Å²) in [5.41, 5.74) is 1.65. The molecule has 0 radical (unpaired) electrons. The Morgan fingerprint density at radius 3 is 2.44 bits per heavy atom. The van der Waals surface area contributed by atoms with E-state index in [1.54, 1.807) is 32.4 Å². The van der Waals surface area contributed by atoms with Crippen LogP contribution >= 0.6 is 23.4 Å². The number of thioether (sulfide) groups is 1. The SMILES string of the molecule is COc1ccc(NC(=O)CSc2ccc(N3CCN(c4ccccc4Cl)CC3)nn2)c(OC)c1. The van der Waals surface area contributed by atoms with Crippen molar-refractivity contribution in [1.82, 2.24) is 10.2 Å². The summed E-state index contributed by atoms with van der Waals surface area (Å²) in [6.45, 7) is 3.38. The smallest absolute Gasteiger partial charge is 0.234 e. The molecule has 8 nitrogen and oxygen atoms in total. The highest BCUT2D eigenvalue weighted by Gasteiger charge is 2.20. The summed E-state index contributed by atoms with van der Waals surface area (Å²) < 4.78 is 10.5. The summed E-state index contributed by atoms with van der Waals surface area (Å²) in [5, 5.41) is 13.0. The number of carbonyl (C=O) groups excluding carboxylic acids is 1. The minimum atomic E-state index is -0.157. The Kier molecular flexibility index (Phi) is 7.97. The number of methoxy groups -OCH3 is 2. The first-order chi connectivity index (χ1) is 16.6. The van der Waals surface area contributed by atoms with Crippen LogP contribution in [0, 0.1) is 0 Å². The maximum Gasteiger partial charge on any atom is 0.234 e. The molecule has 1 aliphatic rings. The molecule has 1 amide bonds. The largest absolute Gasteiger partial charge is 0.497 e. The average molecular weight is 500 g/mol. The average Bonchev–Trinajstić information content (AvgIpc) is 2.88. The molecule has 0 spiro atoms. The molecule has 0 bridgehead atoms. The minimum Gasteiger partial charge on any atom is -0.497 e. The summed E-state index contributed by atoms with van der Waals surface area (Å²) in [5.74, 6) is 2.08. The fourth-order valence-electron chi connectivity index (χ4n) is 3.67. The molecule has 0 saturated carbocycles. The maximum absolute atomic E-state index is 12.4. The zero-order valence-corrected chi connectivity index (χ0v) is 20.6. The molecular formula is C24H26ClN5O3S. The number of nitrogens with zero attached hydrogens (tertiary/aromatic N) is 4. The second-order valence-electron chi connectivity index (χ2n) is 7.56. The lowest BCUT2D eigenvalue weighted by atomic mass is 10.2. The lowest BCUT2D eigenvalue weighted by Crippen LogP contribution is -2.47. The van der Waals surface area contributed by atoms with Crippen molar-refractivity contribution in [2.75, 3.05) is 61.3 Å². The van der Waals surface area contributed by atoms with Gasteiger partial charge in [-0.2, -0.15) is 0 Å². The number of rotatable bonds is 8. The Morgan fingerprint density at radius 2 is 1.76 bits per heavy atom. The maximum atomic E-state index is 12.4. The zero-order valence-electron chi connectivity index (χ0n) is 19.0. The van der Waals surface area contributed by atoms with Crippen LogP contribution in [0.4, 0.5) is 17.2 Å². The first kappa shape index (κ1) is 24.0. The van der Waals surface area contributed by atoms with Crippen LogP contribution in [-0.4, -0.2) is 62.3 Å². The Morgan fingerprint density at radius 1 is 1.00 bits per heavy atom. The highest BCUT2D eigenvalue weighted by Crippen LogP contribution is 2.30. The van der Waals surface area contributed by atoms with Crippen LogP contribution < -0.4 is 24.6 Å². The lowest BCUT2D eigenvalue weighted by molar-refractivity contribution is -0.113. The number of benzene rings is 2. The zero-order chi connectivity index (χ0) is 23.9. The van der Waals surface area contributed by atoms with Gasteiger partial charge in [-0.25, -0.2) is 0 Å². The van der Waals surface area contributed by atoms with Crippen LogP contribution in [-0.2, 0) is 4.79 Å². The van der Waals surface area contributed by atoms with E-state index in [0.29, 0.717) is 22.2 Å². The van der Waals surface area contributed by atoms with E-state index in [1.807, 2.05) is 36.4 Å². The molecule has 0 atom stereocenters. The molecule has 4 rings (SSSR count). The van der Waals surface area contributed by atoms with Gasteiger partial charge in [-0.3, -0.25) is 4.79 Å². The predicted molar refractivity (Wildman–Crippen MR) is 137 cm³/mol. The Balaban J connectivity index is 1.27. The molecular weight excluding hydrogens is 474 g/mol. The Labute approximate surface area is 208 Å². The first-order valence-corrected chi connectivity index (χ1v) is 12.2. The van der Waals surface area contributed by atoms with Gasteiger partial charge < -0.3 is 24.6 Å². The van der Waals surface area contributed by atoms with Gasteiger partial charge in [0, 0.05) is 32.2 Å². The molecule has 0 unspecified atom stereocenters. The van der Waals surface area contributed by atoms with Crippen molar-refractivity contribution < 1.29 is 14.3 Å². The molecule has 34 heavy (non-hydrogen) atoms. The number of hydrogen-bond donors (Lipinski definition) is 1. The van der Waals surface area contributed by atoms with E-state index in [2.05, 4.69) is 25.3 Å². The number of hydrogen-bond acceptors (Lipinski definition) is 8. The van der Waals surface area contributed by atoms with Gasteiger partial charge in [-0.15, -0.1) is 10.2 Å². The molecule has 10 heteroatoms. The van der Waals surface area contributed by atoms with Crippen molar-refractivity contribution in [3.63, 3.8) is 0 Å². The van der Waals surface area contributed by atoms with E-state index in [1.165, 1.54) is 11.8 Å². The van der Waals surface area contributed by atoms with E-state index in [4.69, 9.17) is 21.1 Å². The molecule has 2 heterocycles. The molecule has 0 aliphatic carbocycles. The quantitative estimate of drug-likeness (QED) is 0.462. The van der Waals surface area contributed by atoms with Crippen molar-refractivity contribution in [1.29, 1.82) is 0 Å². The van der Waals surface area contributed by atoms with Crippen molar-refractivity contribution in [3.05, 3.63) is 59.6 Å². The van der Waals surface area contributed by atoms with Crippen molar-refractivity contribution in [2.45, 2.75) is 5.03 Å². The molecule has 1 aliphatic heterocycles. The van der Waals surface area contributed by atoms with Gasteiger partial charge in [0.15, 0.2) is 5.82 Å². The van der Waals surface area contributed by atoms with Crippen LogP contribution in [0.2, 0.25) is 5.02 Å². The van der Waals surface area contributed by atoms with Crippen molar-refractivity contribution in [3.8, 4) is 11.5 Å². The van der Waals surface area contributed by atoms with Crippen LogP contribution in [0.15, 0.2) is 59.6 Å². The van der Waals surface area contributed by atoms with Gasteiger partial charge in [0.05, 0.1) is 36.4 Å². The van der Waals surface area contributed by atoms with Crippen LogP contribution in [0.25, 0.3) is 0 Å². The van der Waals surface area contributed by atoms with E-state index < -0.39 is 0 Å². The summed E-state index contributed by atoms with van der Waals surface area (Å²) in [6, 6.07) is 17.0. The van der Waals surface area contributed by atoms with E-state index >= 15 is 0 Å². The van der Waals surface area contributed by atoms with Gasteiger partial charge in [0.25, 0.3) is 0 Å². The second kappa shape index (κ2) is 11.3. The summed E-state index contributed by atoms with van der Waals surface area (Å²) >= 11 is 7.66. The number of halogens is 1. The lowest BCUT2D eigenvalue weighted by Gasteiger charge is -2.36. The number of amides is 1. The number of carbonyl (C=O) groups is 1. The molecule has 1 fully saturated rings. The second-order valence-corrected chi connectivity index (χ2v) is 8.96. The van der Waals surface area contributed by atoms with E-state index in [-0.39, 0.29) is 11.7 Å². The Hall–Kier alpha value is -3.17. The number of nitrogens with one attached hydrogen (secondary N) is 1. The first-order valence-electron chi connectivity index (χ1n) is 10.8. The molecule has 3 aromatic rings. The summed E-state index contributed by atoms with van der Waals surface area (Å²) in [7, 11) is 3.13. The number of aromatic nitrogens is 2. The third-order valence-electron chi connectivity index (χ3n) is 5.46. The fourth-order valence-corrected chi connectivity index (χ4v) is 4.54. The summed E-state index contributed by atoms with van der Waals surface area (Å²) in [6.07, 6.45) is 0. The minimum absolute atomic E-state index is 0.157. The Bertz CT molecular complexity index is 1120. The van der Waals surface area contributed by atoms with Crippen molar-refractivity contribution >= 4 is 46.5 Å². The molecule has 1 aromatic heterocycles. The number of anilines is 3. The predicted octanol–water partition coefficient (Wildman–Crippen LogP) is 4.20.